The van der Waals surface area contributed by atoms with Crippen LogP contribution in [0.1, 0.15) is 13.3 Å². The lowest BCUT2D eigenvalue weighted by molar-refractivity contribution is 0.226. The molecule has 0 aromatic heterocycles. The molecule has 0 bridgehead atoms. The van der Waals surface area contributed by atoms with Gasteiger partial charge in [-0.15, -0.1) is 0 Å². The third-order valence-electron chi connectivity index (χ3n) is 3.39. The highest BCUT2D eigenvalue weighted by atomic mass is 16.5. The minimum Gasteiger partial charge on any atom is -0.459 e. The summed E-state index contributed by atoms with van der Waals surface area (Å²) >= 11 is 0. The number of anilines is 1. The van der Waals surface area contributed by atoms with Crippen LogP contribution in [0.25, 0.3) is 0 Å². The van der Waals surface area contributed by atoms with Gasteiger partial charge in [0.15, 0.2) is 0 Å². The first-order chi connectivity index (χ1) is 9.86. The zero-order valence-electron chi connectivity index (χ0n) is 11.6. The van der Waals surface area contributed by atoms with Gasteiger partial charge in [0.25, 0.3) is 6.02 Å². The van der Waals surface area contributed by atoms with Crippen molar-refractivity contribution in [1.82, 2.24) is 0 Å². The molecule has 0 N–H and O–H groups in total. The third-order valence-corrected chi connectivity index (χ3v) is 3.39. The fourth-order valence-electron chi connectivity index (χ4n) is 2.27. The standard InChI is InChI=1S/C17H18N2O/c1-2-16-13-19(15-11-7-4-8-12-15)17(20-16)18-14-9-5-3-6-10-14/h3-12,16H,2,13H2,1H3. The van der Waals surface area contributed by atoms with Crippen molar-refractivity contribution >= 4 is 17.4 Å². The zero-order valence-corrected chi connectivity index (χ0v) is 11.6. The van der Waals surface area contributed by atoms with E-state index in [0.29, 0.717) is 6.02 Å². The maximum Gasteiger partial charge on any atom is 0.297 e. The number of nitrogens with zero attached hydrogens (tertiary/aromatic N) is 2. The van der Waals surface area contributed by atoms with Crippen molar-refractivity contribution in [3.05, 3.63) is 60.7 Å². The summed E-state index contributed by atoms with van der Waals surface area (Å²) in [5.74, 6) is 0. The van der Waals surface area contributed by atoms with Gasteiger partial charge in [-0.25, -0.2) is 0 Å². The van der Waals surface area contributed by atoms with E-state index in [0.717, 1.165) is 24.3 Å². The van der Waals surface area contributed by atoms with E-state index in [4.69, 9.17) is 4.74 Å². The van der Waals surface area contributed by atoms with Crippen molar-refractivity contribution < 1.29 is 4.74 Å². The van der Waals surface area contributed by atoms with Crippen molar-refractivity contribution in [3.8, 4) is 0 Å². The lowest BCUT2D eigenvalue weighted by Gasteiger charge is -2.15. The molecule has 0 aliphatic carbocycles. The smallest absolute Gasteiger partial charge is 0.297 e. The summed E-state index contributed by atoms with van der Waals surface area (Å²) in [6.07, 6.45) is 1.19. The van der Waals surface area contributed by atoms with E-state index in [2.05, 4.69) is 28.9 Å². The minimum atomic E-state index is 0.206. The number of amidine groups is 1. The Kier molecular flexibility index (Phi) is 3.68. The van der Waals surface area contributed by atoms with Crippen LogP contribution in [0.4, 0.5) is 11.4 Å². The van der Waals surface area contributed by atoms with Gasteiger partial charge in [-0.05, 0) is 30.7 Å². The number of hydrogen-bond acceptors (Lipinski definition) is 2. The van der Waals surface area contributed by atoms with E-state index in [1.807, 2.05) is 48.5 Å². The molecule has 0 spiro atoms. The van der Waals surface area contributed by atoms with E-state index in [1.54, 1.807) is 0 Å². The summed E-state index contributed by atoms with van der Waals surface area (Å²) < 4.78 is 5.96. The van der Waals surface area contributed by atoms with Crippen LogP contribution < -0.4 is 4.90 Å². The van der Waals surface area contributed by atoms with Gasteiger partial charge in [-0.3, -0.25) is 4.90 Å². The molecule has 1 unspecified atom stereocenters. The first-order valence-corrected chi connectivity index (χ1v) is 7.00. The fraction of sp³-hybridized carbons (Fsp3) is 0.235. The van der Waals surface area contributed by atoms with Crippen LogP contribution in [0.3, 0.4) is 0 Å². The molecular weight excluding hydrogens is 248 g/mol. The second-order valence-electron chi connectivity index (χ2n) is 4.82. The SMILES string of the molecule is CCC1CN(c2ccccc2)C(=Nc2ccccc2)O1. The van der Waals surface area contributed by atoms with Crippen LogP contribution in [0.2, 0.25) is 0 Å². The number of hydrogen-bond donors (Lipinski definition) is 0. The molecular formula is C17H18N2O. The summed E-state index contributed by atoms with van der Waals surface area (Å²) in [5, 5.41) is 0. The van der Waals surface area contributed by atoms with Crippen LogP contribution in [-0.2, 0) is 4.74 Å². The highest BCUT2D eigenvalue weighted by Gasteiger charge is 2.29. The quantitative estimate of drug-likeness (QED) is 0.839. The number of rotatable bonds is 3. The average Bonchev–Trinajstić information content (AvgIpc) is 2.92. The Morgan fingerprint density at radius 1 is 1.05 bits per heavy atom. The molecule has 1 aliphatic rings. The zero-order chi connectivity index (χ0) is 13.8. The molecule has 1 aliphatic heterocycles. The van der Waals surface area contributed by atoms with Crippen molar-refractivity contribution in [1.29, 1.82) is 0 Å². The van der Waals surface area contributed by atoms with Crippen molar-refractivity contribution in [2.45, 2.75) is 19.4 Å². The third kappa shape index (κ3) is 2.67. The summed E-state index contributed by atoms with van der Waals surface area (Å²) in [6, 6.07) is 20.9. The average molecular weight is 266 g/mol. The van der Waals surface area contributed by atoms with Crippen molar-refractivity contribution in [2.75, 3.05) is 11.4 Å². The van der Waals surface area contributed by atoms with Gasteiger partial charge < -0.3 is 4.74 Å². The summed E-state index contributed by atoms with van der Waals surface area (Å²) in [4.78, 5) is 6.77. The Morgan fingerprint density at radius 2 is 1.70 bits per heavy atom. The maximum absolute atomic E-state index is 5.96. The van der Waals surface area contributed by atoms with Gasteiger partial charge >= 0.3 is 0 Å². The Hall–Kier alpha value is -2.29. The van der Waals surface area contributed by atoms with Crippen molar-refractivity contribution in [2.24, 2.45) is 4.99 Å². The predicted octanol–water partition coefficient (Wildman–Crippen LogP) is 3.99. The molecule has 0 radical (unpaired) electrons. The molecule has 0 saturated carbocycles. The van der Waals surface area contributed by atoms with Gasteiger partial charge in [0.05, 0.1) is 12.2 Å². The largest absolute Gasteiger partial charge is 0.459 e. The molecule has 2 aromatic rings. The predicted molar refractivity (Wildman–Crippen MR) is 82.5 cm³/mol. The Bertz CT molecular complexity index is 580. The van der Waals surface area contributed by atoms with E-state index in [-0.39, 0.29) is 6.10 Å². The number of benzene rings is 2. The van der Waals surface area contributed by atoms with E-state index < -0.39 is 0 Å². The van der Waals surface area contributed by atoms with E-state index in [9.17, 15) is 0 Å². The molecule has 1 fully saturated rings. The summed E-state index contributed by atoms with van der Waals surface area (Å²) in [7, 11) is 0. The topological polar surface area (TPSA) is 24.8 Å². The van der Waals surface area contributed by atoms with E-state index in [1.165, 1.54) is 0 Å². The van der Waals surface area contributed by atoms with Crippen LogP contribution in [0.15, 0.2) is 65.7 Å². The molecule has 0 amide bonds. The Morgan fingerprint density at radius 3 is 2.35 bits per heavy atom. The van der Waals surface area contributed by atoms with Gasteiger partial charge in [-0.1, -0.05) is 43.3 Å². The molecule has 3 heteroatoms. The van der Waals surface area contributed by atoms with Gasteiger partial charge in [0, 0.05) is 5.69 Å². The molecule has 1 atom stereocenters. The number of aliphatic imine (C=N–C) groups is 1. The lowest BCUT2D eigenvalue weighted by Crippen LogP contribution is -2.25. The van der Waals surface area contributed by atoms with Gasteiger partial charge in [0.1, 0.15) is 6.10 Å². The molecule has 3 rings (SSSR count). The molecule has 1 saturated heterocycles. The monoisotopic (exact) mass is 266 g/mol. The maximum atomic E-state index is 5.96. The van der Waals surface area contributed by atoms with Crippen LogP contribution in [-0.4, -0.2) is 18.7 Å². The molecule has 102 valence electrons. The summed E-state index contributed by atoms with van der Waals surface area (Å²) in [5.41, 5.74) is 2.04. The first-order valence-electron chi connectivity index (χ1n) is 7.00. The highest BCUT2D eigenvalue weighted by Crippen LogP contribution is 2.24. The van der Waals surface area contributed by atoms with Gasteiger partial charge in [0.2, 0.25) is 0 Å². The molecule has 20 heavy (non-hydrogen) atoms. The molecule has 3 nitrogen and oxygen atoms in total. The first kappa shape index (κ1) is 12.7. The fourth-order valence-corrected chi connectivity index (χ4v) is 2.27. The number of para-hydroxylation sites is 2. The highest BCUT2D eigenvalue weighted by molar-refractivity contribution is 5.95. The van der Waals surface area contributed by atoms with E-state index >= 15 is 0 Å². The van der Waals surface area contributed by atoms with Crippen LogP contribution in [0.5, 0.6) is 0 Å². The van der Waals surface area contributed by atoms with Crippen LogP contribution in [0, 0.1) is 0 Å². The molecule has 1 heterocycles. The lowest BCUT2D eigenvalue weighted by atomic mass is 10.2. The number of ether oxygens (including phenoxy) is 1. The Labute approximate surface area is 119 Å². The second-order valence-corrected chi connectivity index (χ2v) is 4.82. The second kappa shape index (κ2) is 5.78. The van der Waals surface area contributed by atoms with Gasteiger partial charge in [-0.2, -0.15) is 4.99 Å². The normalized spacial score (nSPS) is 20.1. The summed E-state index contributed by atoms with van der Waals surface area (Å²) in [6.45, 7) is 2.99. The minimum absolute atomic E-state index is 0.206. The van der Waals surface area contributed by atoms with Crippen molar-refractivity contribution in [3.63, 3.8) is 0 Å². The van der Waals surface area contributed by atoms with Crippen LogP contribution >= 0.6 is 0 Å². The molecule has 2 aromatic carbocycles. The Balaban J connectivity index is 1.93.